The average molecular weight is 257 g/mol. The van der Waals surface area contributed by atoms with Gasteiger partial charge in [-0.2, -0.15) is 0 Å². The maximum absolute atomic E-state index is 11.8. The molecule has 1 atom stereocenters. The predicted molar refractivity (Wildman–Crippen MR) is 67.4 cm³/mol. The fourth-order valence-electron chi connectivity index (χ4n) is 2.21. The van der Waals surface area contributed by atoms with Crippen LogP contribution in [0.3, 0.4) is 0 Å². The monoisotopic (exact) mass is 257 g/mol. The van der Waals surface area contributed by atoms with E-state index in [4.69, 9.17) is 9.84 Å². The summed E-state index contributed by atoms with van der Waals surface area (Å²) in [6.07, 6.45) is 1.96. The van der Waals surface area contributed by atoms with E-state index < -0.39 is 23.2 Å². The van der Waals surface area contributed by atoms with Crippen molar-refractivity contribution < 1.29 is 19.4 Å². The number of carbonyl (C=O) groups is 2. The molecule has 0 aromatic rings. The molecular formula is C13H23NO4. The van der Waals surface area contributed by atoms with E-state index in [2.05, 4.69) is 5.32 Å². The van der Waals surface area contributed by atoms with Crippen molar-refractivity contribution in [2.24, 2.45) is 5.92 Å². The standard InChI is InChI=1S/C13H23NO4/c1-5-13(8-10(15)16,9-6-7-9)14-11(17)18-12(2,3)4/h9H,5-8H2,1-4H3,(H,14,17)(H,15,16). The van der Waals surface area contributed by atoms with Gasteiger partial charge >= 0.3 is 12.1 Å². The first kappa shape index (κ1) is 14.8. The largest absolute Gasteiger partial charge is 0.481 e. The highest BCUT2D eigenvalue weighted by Gasteiger charge is 2.47. The normalized spacial score (nSPS) is 18.9. The van der Waals surface area contributed by atoms with Gasteiger partial charge in [-0.25, -0.2) is 4.79 Å². The Morgan fingerprint density at radius 2 is 1.89 bits per heavy atom. The molecule has 5 nitrogen and oxygen atoms in total. The van der Waals surface area contributed by atoms with Gasteiger partial charge in [-0.15, -0.1) is 0 Å². The zero-order chi connectivity index (χ0) is 14.0. The molecule has 5 heteroatoms. The molecule has 1 fully saturated rings. The van der Waals surface area contributed by atoms with Gasteiger partial charge < -0.3 is 15.2 Å². The number of hydrogen-bond donors (Lipinski definition) is 2. The maximum atomic E-state index is 11.8. The molecule has 0 saturated heterocycles. The molecule has 1 saturated carbocycles. The van der Waals surface area contributed by atoms with Gasteiger partial charge in [0, 0.05) is 0 Å². The van der Waals surface area contributed by atoms with Gasteiger partial charge in [-0.05, 0) is 46.0 Å². The second-order valence-electron chi connectivity index (χ2n) is 5.98. The number of rotatable bonds is 5. The lowest BCUT2D eigenvalue weighted by Gasteiger charge is -2.33. The summed E-state index contributed by atoms with van der Waals surface area (Å²) in [7, 11) is 0. The summed E-state index contributed by atoms with van der Waals surface area (Å²) in [5.74, 6) is -0.633. The van der Waals surface area contributed by atoms with Crippen molar-refractivity contribution in [3.63, 3.8) is 0 Å². The van der Waals surface area contributed by atoms with Crippen LogP contribution in [0.15, 0.2) is 0 Å². The SMILES string of the molecule is CCC(CC(=O)O)(NC(=O)OC(C)(C)C)C1CC1. The molecule has 1 aliphatic carbocycles. The highest BCUT2D eigenvalue weighted by Crippen LogP contribution is 2.43. The topological polar surface area (TPSA) is 75.6 Å². The summed E-state index contributed by atoms with van der Waals surface area (Å²) in [6, 6.07) is 0. The third-order valence-corrected chi connectivity index (χ3v) is 3.21. The molecule has 0 aromatic heterocycles. The first-order valence-corrected chi connectivity index (χ1v) is 6.41. The van der Waals surface area contributed by atoms with Crippen LogP contribution in [0.5, 0.6) is 0 Å². The van der Waals surface area contributed by atoms with Gasteiger partial charge in [0.1, 0.15) is 5.60 Å². The molecular weight excluding hydrogens is 234 g/mol. The zero-order valence-corrected chi connectivity index (χ0v) is 11.6. The predicted octanol–water partition coefficient (Wildman–Crippen LogP) is 2.54. The Hall–Kier alpha value is -1.26. The van der Waals surface area contributed by atoms with Gasteiger partial charge in [0.15, 0.2) is 0 Å². The summed E-state index contributed by atoms with van der Waals surface area (Å²) in [6.45, 7) is 7.26. The van der Waals surface area contributed by atoms with Crippen molar-refractivity contribution in [1.82, 2.24) is 5.32 Å². The summed E-state index contributed by atoms with van der Waals surface area (Å²) in [5, 5.41) is 11.8. The Bertz CT molecular complexity index is 330. The van der Waals surface area contributed by atoms with Crippen molar-refractivity contribution in [3.8, 4) is 0 Å². The Morgan fingerprint density at radius 3 is 2.22 bits per heavy atom. The van der Waals surface area contributed by atoms with Crippen LogP contribution >= 0.6 is 0 Å². The highest BCUT2D eigenvalue weighted by atomic mass is 16.6. The van der Waals surface area contributed by atoms with Crippen LogP contribution in [-0.4, -0.2) is 28.3 Å². The number of carbonyl (C=O) groups excluding carboxylic acids is 1. The highest BCUT2D eigenvalue weighted by molar-refractivity contribution is 5.73. The average Bonchev–Trinajstić information content (AvgIpc) is 2.95. The van der Waals surface area contributed by atoms with E-state index >= 15 is 0 Å². The van der Waals surface area contributed by atoms with Gasteiger partial charge in [-0.1, -0.05) is 6.92 Å². The van der Waals surface area contributed by atoms with E-state index in [9.17, 15) is 9.59 Å². The molecule has 0 bridgehead atoms. The van der Waals surface area contributed by atoms with Crippen molar-refractivity contribution >= 4 is 12.1 Å². The number of carboxylic acids is 1. The minimum absolute atomic E-state index is 0.0482. The van der Waals surface area contributed by atoms with E-state index in [0.717, 1.165) is 12.8 Å². The van der Waals surface area contributed by atoms with Crippen LogP contribution in [0.1, 0.15) is 53.4 Å². The summed E-state index contributed by atoms with van der Waals surface area (Å²) >= 11 is 0. The number of ether oxygens (including phenoxy) is 1. The van der Waals surface area contributed by atoms with Crippen LogP contribution in [0.25, 0.3) is 0 Å². The van der Waals surface area contributed by atoms with E-state index in [-0.39, 0.29) is 12.3 Å². The second kappa shape index (κ2) is 5.16. The molecule has 1 rings (SSSR count). The lowest BCUT2D eigenvalue weighted by molar-refractivity contribution is -0.139. The Balaban J connectivity index is 2.72. The molecule has 0 heterocycles. The fraction of sp³-hybridized carbons (Fsp3) is 0.846. The van der Waals surface area contributed by atoms with Crippen LogP contribution in [-0.2, 0) is 9.53 Å². The quantitative estimate of drug-likeness (QED) is 0.793. The number of carboxylic acid groups (broad SMARTS) is 1. The fourth-order valence-corrected chi connectivity index (χ4v) is 2.21. The number of nitrogens with one attached hydrogen (secondary N) is 1. The molecule has 1 unspecified atom stereocenters. The van der Waals surface area contributed by atoms with Crippen LogP contribution < -0.4 is 5.32 Å². The number of aliphatic carboxylic acids is 1. The molecule has 2 N–H and O–H groups in total. The van der Waals surface area contributed by atoms with Crippen LogP contribution in [0, 0.1) is 5.92 Å². The van der Waals surface area contributed by atoms with Gasteiger partial charge in [0.25, 0.3) is 0 Å². The number of hydrogen-bond acceptors (Lipinski definition) is 3. The molecule has 1 aliphatic rings. The lowest BCUT2D eigenvalue weighted by atomic mass is 9.86. The zero-order valence-electron chi connectivity index (χ0n) is 11.6. The van der Waals surface area contributed by atoms with E-state index in [1.54, 1.807) is 20.8 Å². The first-order chi connectivity index (χ1) is 8.18. The van der Waals surface area contributed by atoms with Crippen molar-refractivity contribution in [2.45, 2.75) is 64.5 Å². The molecule has 0 aliphatic heterocycles. The smallest absolute Gasteiger partial charge is 0.408 e. The van der Waals surface area contributed by atoms with E-state index in [1.165, 1.54) is 0 Å². The molecule has 1 amide bonds. The van der Waals surface area contributed by atoms with Gasteiger partial charge in [0.2, 0.25) is 0 Å². The Kier molecular flexibility index (Phi) is 4.24. The summed E-state index contributed by atoms with van der Waals surface area (Å²) in [5.41, 5.74) is -1.23. The van der Waals surface area contributed by atoms with Crippen molar-refractivity contribution in [1.29, 1.82) is 0 Å². The van der Waals surface area contributed by atoms with E-state index in [0.29, 0.717) is 6.42 Å². The first-order valence-electron chi connectivity index (χ1n) is 6.41. The Labute approximate surface area is 108 Å². The summed E-state index contributed by atoms with van der Waals surface area (Å²) < 4.78 is 5.21. The molecule has 0 radical (unpaired) electrons. The molecule has 0 aromatic carbocycles. The number of amides is 1. The van der Waals surface area contributed by atoms with Crippen LogP contribution in [0.4, 0.5) is 4.79 Å². The second-order valence-corrected chi connectivity index (χ2v) is 5.98. The molecule has 18 heavy (non-hydrogen) atoms. The minimum atomic E-state index is -0.889. The molecule has 104 valence electrons. The maximum Gasteiger partial charge on any atom is 0.408 e. The Morgan fingerprint density at radius 1 is 1.33 bits per heavy atom. The number of alkyl carbamates (subject to hydrolysis) is 1. The molecule has 0 spiro atoms. The van der Waals surface area contributed by atoms with Gasteiger partial charge in [0.05, 0.1) is 12.0 Å². The third-order valence-electron chi connectivity index (χ3n) is 3.21. The third kappa shape index (κ3) is 4.20. The van der Waals surface area contributed by atoms with E-state index in [1.807, 2.05) is 6.92 Å². The lowest BCUT2D eigenvalue weighted by Crippen LogP contribution is -2.52. The minimum Gasteiger partial charge on any atom is -0.481 e. The van der Waals surface area contributed by atoms with Crippen LogP contribution in [0.2, 0.25) is 0 Å². The van der Waals surface area contributed by atoms with Gasteiger partial charge in [-0.3, -0.25) is 4.79 Å². The van der Waals surface area contributed by atoms with Crippen molar-refractivity contribution in [2.75, 3.05) is 0 Å². The summed E-state index contributed by atoms with van der Waals surface area (Å²) in [4.78, 5) is 22.8. The van der Waals surface area contributed by atoms with Crippen molar-refractivity contribution in [3.05, 3.63) is 0 Å².